The Bertz CT molecular complexity index is 434. The molecule has 0 radical (unpaired) electrons. The molecule has 0 aromatic carbocycles. The summed E-state index contributed by atoms with van der Waals surface area (Å²) < 4.78 is 7.58. The van der Waals surface area contributed by atoms with Crippen molar-refractivity contribution in [3.05, 3.63) is 17.0 Å². The van der Waals surface area contributed by atoms with Crippen LogP contribution in [0.15, 0.2) is 0 Å². The molecule has 1 N–H and O–H groups in total. The Labute approximate surface area is 107 Å². The zero-order valence-corrected chi connectivity index (χ0v) is 11.0. The Morgan fingerprint density at radius 3 is 2.89 bits per heavy atom. The lowest BCUT2D eigenvalue weighted by Crippen LogP contribution is -2.25. The quantitative estimate of drug-likeness (QED) is 0.885. The maximum Gasteiger partial charge on any atom is 0.307 e. The van der Waals surface area contributed by atoms with Crippen LogP contribution in [0.5, 0.6) is 0 Å². The summed E-state index contributed by atoms with van der Waals surface area (Å²) in [4.78, 5) is 10.8. The number of nitrogens with zero attached hydrogens (tertiary/aromatic N) is 2. The van der Waals surface area contributed by atoms with Gasteiger partial charge in [0.25, 0.3) is 0 Å². The average Bonchev–Trinajstić information content (AvgIpc) is 2.58. The number of ether oxygens (including phenoxy) is 1. The third-order valence-corrected chi connectivity index (χ3v) is 3.51. The highest BCUT2D eigenvalue weighted by Gasteiger charge is 2.19. The standard InChI is InChI=1S/C13H20N2O3/c1-9-12(7-13(16)17)10(2)15(14-9)8-11-5-3-4-6-18-11/h11H,3-8H2,1-2H3,(H,16,17). The minimum atomic E-state index is -0.810. The van der Waals surface area contributed by atoms with Gasteiger partial charge in [0, 0.05) is 17.9 Å². The van der Waals surface area contributed by atoms with E-state index < -0.39 is 5.97 Å². The van der Waals surface area contributed by atoms with E-state index in [0.717, 1.165) is 42.9 Å². The van der Waals surface area contributed by atoms with Crippen LogP contribution in [0.2, 0.25) is 0 Å². The van der Waals surface area contributed by atoms with Gasteiger partial charge >= 0.3 is 5.97 Å². The van der Waals surface area contributed by atoms with E-state index in [4.69, 9.17) is 9.84 Å². The third kappa shape index (κ3) is 2.90. The van der Waals surface area contributed by atoms with Crippen molar-refractivity contribution in [1.29, 1.82) is 0 Å². The van der Waals surface area contributed by atoms with Crippen molar-refractivity contribution in [2.75, 3.05) is 6.61 Å². The van der Waals surface area contributed by atoms with Crippen molar-refractivity contribution in [3.63, 3.8) is 0 Å². The summed E-state index contributed by atoms with van der Waals surface area (Å²) in [6.07, 6.45) is 3.66. The second-order valence-corrected chi connectivity index (χ2v) is 4.89. The van der Waals surface area contributed by atoms with Gasteiger partial charge in [0.1, 0.15) is 0 Å². The highest BCUT2D eigenvalue weighted by molar-refractivity contribution is 5.70. The lowest BCUT2D eigenvalue weighted by atomic mass is 10.1. The number of hydrogen-bond donors (Lipinski definition) is 1. The van der Waals surface area contributed by atoms with Gasteiger partial charge in [0.15, 0.2) is 0 Å². The molecule has 1 aliphatic rings. The number of hydrogen-bond acceptors (Lipinski definition) is 3. The van der Waals surface area contributed by atoms with E-state index in [1.165, 1.54) is 6.42 Å². The smallest absolute Gasteiger partial charge is 0.307 e. The fourth-order valence-corrected chi connectivity index (χ4v) is 2.46. The molecular formula is C13H20N2O3. The van der Waals surface area contributed by atoms with Gasteiger partial charge in [-0.2, -0.15) is 5.10 Å². The number of rotatable bonds is 4. The van der Waals surface area contributed by atoms with Gasteiger partial charge in [-0.3, -0.25) is 9.48 Å². The molecule has 1 aromatic heterocycles. The number of aliphatic carboxylic acids is 1. The van der Waals surface area contributed by atoms with Crippen LogP contribution < -0.4 is 0 Å². The van der Waals surface area contributed by atoms with Gasteiger partial charge in [-0.05, 0) is 33.1 Å². The van der Waals surface area contributed by atoms with Crippen LogP contribution in [0.1, 0.15) is 36.2 Å². The second kappa shape index (κ2) is 5.52. The molecule has 2 rings (SSSR count). The van der Waals surface area contributed by atoms with Gasteiger partial charge in [-0.25, -0.2) is 0 Å². The lowest BCUT2D eigenvalue weighted by Gasteiger charge is -2.23. The molecule has 5 heteroatoms. The maximum absolute atomic E-state index is 10.8. The predicted octanol–water partition coefficient (Wildman–Crippen LogP) is 1.70. The molecular weight excluding hydrogens is 232 g/mol. The van der Waals surface area contributed by atoms with Crippen LogP contribution in [0.4, 0.5) is 0 Å². The fraction of sp³-hybridized carbons (Fsp3) is 0.692. The molecule has 1 fully saturated rings. The highest BCUT2D eigenvalue weighted by atomic mass is 16.5. The van der Waals surface area contributed by atoms with Crippen LogP contribution in [-0.2, 0) is 22.5 Å². The molecule has 0 amide bonds. The normalized spacial score (nSPS) is 20.0. The van der Waals surface area contributed by atoms with E-state index in [0.29, 0.717) is 0 Å². The lowest BCUT2D eigenvalue weighted by molar-refractivity contribution is -0.136. The fourth-order valence-electron chi connectivity index (χ4n) is 2.46. The van der Waals surface area contributed by atoms with Gasteiger partial charge in [-0.15, -0.1) is 0 Å². The Hall–Kier alpha value is -1.36. The van der Waals surface area contributed by atoms with Gasteiger partial charge in [0.2, 0.25) is 0 Å². The molecule has 1 unspecified atom stereocenters. The van der Waals surface area contributed by atoms with Crippen molar-refractivity contribution in [2.24, 2.45) is 0 Å². The first-order chi connectivity index (χ1) is 8.58. The van der Waals surface area contributed by atoms with E-state index >= 15 is 0 Å². The first-order valence-corrected chi connectivity index (χ1v) is 6.44. The molecule has 0 bridgehead atoms. The van der Waals surface area contributed by atoms with Crippen LogP contribution in [0.3, 0.4) is 0 Å². The Balaban J connectivity index is 2.10. The van der Waals surface area contributed by atoms with Gasteiger partial charge in [-0.1, -0.05) is 0 Å². The zero-order valence-electron chi connectivity index (χ0n) is 11.0. The minimum absolute atomic E-state index is 0.0448. The molecule has 0 aliphatic carbocycles. The Morgan fingerprint density at radius 2 is 2.28 bits per heavy atom. The summed E-state index contributed by atoms with van der Waals surface area (Å²) in [5.74, 6) is -0.810. The summed E-state index contributed by atoms with van der Waals surface area (Å²) >= 11 is 0. The maximum atomic E-state index is 10.8. The number of carboxylic acids is 1. The molecule has 0 saturated carbocycles. The van der Waals surface area contributed by atoms with E-state index in [9.17, 15) is 4.79 Å². The molecule has 18 heavy (non-hydrogen) atoms. The zero-order chi connectivity index (χ0) is 13.1. The highest BCUT2D eigenvalue weighted by Crippen LogP contribution is 2.18. The van der Waals surface area contributed by atoms with Gasteiger partial charge in [0.05, 0.1) is 24.8 Å². The monoisotopic (exact) mass is 252 g/mol. The molecule has 1 atom stereocenters. The average molecular weight is 252 g/mol. The Morgan fingerprint density at radius 1 is 1.50 bits per heavy atom. The molecule has 100 valence electrons. The van der Waals surface area contributed by atoms with Crippen molar-refractivity contribution < 1.29 is 14.6 Å². The molecule has 1 saturated heterocycles. The molecule has 0 spiro atoms. The molecule has 1 aromatic rings. The van der Waals surface area contributed by atoms with Crippen LogP contribution in [0.25, 0.3) is 0 Å². The number of aryl methyl sites for hydroxylation is 1. The van der Waals surface area contributed by atoms with Crippen LogP contribution in [-0.4, -0.2) is 33.6 Å². The van der Waals surface area contributed by atoms with Crippen LogP contribution >= 0.6 is 0 Å². The number of carbonyl (C=O) groups is 1. The summed E-state index contributed by atoms with van der Waals surface area (Å²) in [5, 5.41) is 13.3. The minimum Gasteiger partial charge on any atom is -0.481 e. The predicted molar refractivity (Wildman–Crippen MR) is 66.6 cm³/mol. The van der Waals surface area contributed by atoms with E-state index in [-0.39, 0.29) is 12.5 Å². The topological polar surface area (TPSA) is 64.4 Å². The summed E-state index contributed by atoms with van der Waals surface area (Å²) in [6, 6.07) is 0. The summed E-state index contributed by atoms with van der Waals surface area (Å²) in [7, 11) is 0. The van der Waals surface area contributed by atoms with Crippen molar-refractivity contribution in [1.82, 2.24) is 9.78 Å². The van der Waals surface area contributed by atoms with Crippen molar-refractivity contribution in [2.45, 2.75) is 52.2 Å². The second-order valence-electron chi connectivity index (χ2n) is 4.89. The van der Waals surface area contributed by atoms with E-state index in [1.807, 2.05) is 18.5 Å². The molecule has 5 nitrogen and oxygen atoms in total. The number of aromatic nitrogens is 2. The largest absolute Gasteiger partial charge is 0.481 e. The molecule has 1 aliphatic heterocycles. The third-order valence-electron chi connectivity index (χ3n) is 3.51. The van der Waals surface area contributed by atoms with Crippen LogP contribution in [0, 0.1) is 13.8 Å². The summed E-state index contributed by atoms with van der Waals surface area (Å²) in [6.45, 7) is 5.35. The molecule has 2 heterocycles. The number of carboxylic acid groups (broad SMARTS) is 1. The van der Waals surface area contributed by atoms with Crippen molar-refractivity contribution in [3.8, 4) is 0 Å². The SMILES string of the molecule is Cc1nn(CC2CCCCO2)c(C)c1CC(=O)O. The first kappa shape index (κ1) is 13.1. The first-order valence-electron chi connectivity index (χ1n) is 6.44. The van der Waals surface area contributed by atoms with E-state index in [2.05, 4.69) is 5.10 Å². The van der Waals surface area contributed by atoms with Gasteiger partial charge < -0.3 is 9.84 Å². The van der Waals surface area contributed by atoms with Crippen molar-refractivity contribution >= 4 is 5.97 Å². The summed E-state index contributed by atoms with van der Waals surface area (Å²) in [5.41, 5.74) is 2.59. The van der Waals surface area contributed by atoms with E-state index in [1.54, 1.807) is 0 Å². The Kier molecular flexibility index (Phi) is 4.01.